The molecule has 0 saturated heterocycles. The van der Waals surface area contributed by atoms with Crippen LogP contribution in [-0.4, -0.2) is 16.6 Å². The molecule has 0 radical (unpaired) electrons. The van der Waals surface area contributed by atoms with Crippen LogP contribution in [0.4, 0.5) is 0 Å². The van der Waals surface area contributed by atoms with Crippen LogP contribution in [0, 0.1) is 13.8 Å². The summed E-state index contributed by atoms with van der Waals surface area (Å²) in [5, 5.41) is 10.1. The standard InChI is InChI=1S/C12H16N2O/c1-7-5-10-11(8(2)12(7)15)9(3-4-13)6-14-10/h5-6,14-15H,3-4,13H2,1-2H3/i3D2,4D2,5D,6D/hD2. The van der Waals surface area contributed by atoms with E-state index in [0.717, 1.165) is 0 Å². The average molecular weight is 212 g/mol. The molecule has 4 N–H and O–H groups in total. The zero-order valence-electron chi connectivity index (χ0n) is 16.4. The van der Waals surface area contributed by atoms with Crippen LogP contribution in [0.3, 0.4) is 0 Å². The Kier molecular flexibility index (Phi) is 0.999. The predicted octanol–water partition coefficient (Wildman–Crippen LogP) is 1.99. The van der Waals surface area contributed by atoms with Crippen LogP contribution in [0.5, 0.6) is 5.75 Å². The van der Waals surface area contributed by atoms with Crippen molar-refractivity contribution < 1.29 is 16.2 Å². The Morgan fingerprint density at radius 3 is 3.20 bits per heavy atom. The van der Waals surface area contributed by atoms with Crippen molar-refractivity contribution in [1.82, 2.24) is 4.98 Å². The van der Waals surface area contributed by atoms with E-state index >= 15 is 0 Å². The number of hydrogen-bond acceptors (Lipinski definition) is 2. The molecule has 2 aromatic rings. The van der Waals surface area contributed by atoms with E-state index in [-0.39, 0.29) is 33.8 Å². The fraction of sp³-hybridized carbons (Fsp3) is 0.333. The number of nitrogens with one attached hydrogen (secondary N) is 1. The van der Waals surface area contributed by atoms with Crippen molar-refractivity contribution >= 4 is 10.9 Å². The van der Waals surface area contributed by atoms with Crippen molar-refractivity contribution in [2.75, 3.05) is 6.50 Å². The number of aryl methyl sites for hydroxylation is 2. The molecule has 80 valence electrons. The zero-order valence-corrected chi connectivity index (χ0v) is 8.39. The zero-order chi connectivity index (χ0) is 17.9. The molecule has 0 unspecified atom stereocenters. The number of H-pyrrole nitrogens is 1. The predicted molar refractivity (Wildman–Crippen MR) is 62.2 cm³/mol. The number of aromatic nitrogens is 1. The van der Waals surface area contributed by atoms with Gasteiger partial charge in [0.25, 0.3) is 0 Å². The number of aromatic hydroxyl groups is 1. The molecule has 1 heterocycles. The van der Waals surface area contributed by atoms with Gasteiger partial charge < -0.3 is 15.8 Å². The van der Waals surface area contributed by atoms with E-state index in [0.29, 0.717) is 0 Å². The molecule has 0 aliphatic rings. The van der Waals surface area contributed by atoms with Gasteiger partial charge in [0.2, 0.25) is 0 Å². The Balaban J connectivity index is 2.95. The summed E-state index contributed by atoms with van der Waals surface area (Å²) in [6, 6.07) is -0.118. The van der Waals surface area contributed by atoms with E-state index in [4.69, 9.17) is 11.0 Å². The maximum atomic E-state index is 10.1. The molecule has 0 amide bonds. The second-order valence-corrected chi connectivity index (χ2v) is 3.34. The quantitative estimate of drug-likeness (QED) is 0.728. The first-order chi connectivity index (χ1) is 10.4. The summed E-state index contributed by atoms with van der Waals surface area (Å²) in [6.07, 6.45) is -3.36. The van der Waals surface area contributed by atoms with Crippen molar-refractivity contribution in [1.29, 1.82) is 0 Å². The largest absolute Gasteiger partial charge is 0.507 e. The molecule has 1 aromatic heterocycles. The summed E-state index contributed by atoms with van der Waals surface area (Å²) >= 11 is 0. The lowest BCUT2D eigenvalue weighted by molar-refractivity contribution is 0.468. The number of aromatic amines is 1. The Hall–Kier alpha value is -1.48. The molecule has 3 heteroatoms. The Morgan fingerprint density at radius 2 is 2.47 bits per heavy atom. The first kappa shape index (κ1) is 4.18. The van der Waals surface area contributed by atoms with E-state index in [1.165, 1.54) is 13.8 Å². The number of phenolic OH excluding ortho intramolecular Hbond substituents is 1. The van der Waals surface area contributed by atoms with Crippen molar-refractivity contribution in [3.63, 3.8) is 0 Å². The Morgan fingerprint density at radius 1 is 1.67 bits per heavy atom. The van der Waals surface area contributed by atoms with Gasteiger partial charge >= 0.3 is 0 Å². The van der Waals surface area contributed by atoms with Crippen LogP contribution in [0.25, 0.3) is 10.9 Å². The van der Waals surface area contributed by atoms with Gasteiger partial charge in [-0.15, -0.1) is 0 Å². The molecule has 15 heavy (non-hydrogen) atoms. The third kappa shape index (κ3) is 1.49. The first-order valence-electron chi connectivity index (χ1n) is 8.34. The van der Waals surface area contributed by atoms with Crippen LogP contribution in [-0.2, 0) is 6.37 Å². The SMILES string of the molecule is [2H]c1[nH]c2c([2H])c(C)c(O)c(C)c2c1C([2H])([2H])C([2H])([2H])N([2H])[2H]. The fourth-order valence-corrected chi connectivity index (χ4v) is 1.64. The van der Waals surface area contributed by atoms with Gasteiger partial charge in [0.1, 0.15) is 8.57 Å². The number of hydrogen-bond donors (Lipinski definition) is 3. The van der Waals surface area contributed by atoms with E-state index in [9.17, 15) is 5.11 Å². The van der Waals surface area contributed by atoms with Gasteiger partial charge in [-0.25, -0.2) is 0 Å². The maximum absolute atomic E-state index is 10.1. The fourth-order valence-electron chi connectivity index (χ4n) is 1.64. The third-order valence-corrected chi connectivity index (χ3v) is 2.39. The summed E-state index contributed by atoms with van der Waals surface area (Å²) in [4.78, 5) is 2.54. The maximum Gasteiger partial charge on any atom is 0.122 e. The highest BCUT2D eigenvalue weighted by atomic mass is 16.3. The summed E-state index contributed by atoms with van der Waals surface area (Å²) < 4.78 is 61.7. The molecule has 2 rings (SSSR count). The first-order valence-corrected chi connectivity index (χ1v) is 4.45. The number of benzene rings is 1. The third-order valence-electron chi connectivity index (χ3n) is 2.39. The van der Waals surface area contributed by atoms with Crippen LogP contribution < -0.4 is 5.72 Å². The minimum absolute atomic E-state index is 0.0267. The van der Waals surface area contributed by atoms with E-state index in [1.807, 2.05) is 0 Å². The van der Waals surface area contributed by atoms with Gasteiger partial charge in [-0.1, -0.05) is 0 Å². The minimum atomic E-state index is -3.05. The Labute approximate surface area is 100 Å². The molecular weight excluding hydrogens is 188 g/mol. The lowest BCUT2D eigenvalue weighted by atomic mass is 10.0. The molecule has 0 bridgehead atoms. The number of phenols is 1. The van der Waals surface area contributed by atoms with Crippen LogP contribution in [0.15, 0.2) is 12.2 Å². The molecule has 0 aliphatic carbocycles. The number of fused-ring (bicyclic) bond motifs is 1. The molecule has 0 atom stereocenters. The van der Waals surface area contributed by atoms with Gasteiger partial charge in [0.15, 0.2) is 0 Å². The highest BCUT2D eigenvalue weighted by molar-refractivity contribution is 5.89. The normalized spacial score (nSPS) is 21.0. The lowest BCUT2D eigenvalue weighted by Gasteiger charge is -2.06. The van der Waals surface area contributed by atoms with Gasteiger partial charge in [-0.05, 0) is 43.9 Å². The van der Waals surface area contributed by atoms with E-state index in [2.05, 4.69) is 4.98 Å². The summed E-state index contributed by atoms with van der Waals surface area (Å²) in [5.74, 6) is -0.229. The molecule has 0 saturated carbocycles. The summed E-state index contributed by atoms with van der Waals surface area (Å²) in [6.45, 7) is -0.0593. The van der Waals surface area contributed by atoms with Crippen LogP contribution >= 0.6 is 0 Å². The van der Waals surface area contributed by atoms with Crippen molar-refractivity contribution in [2.24, 2.45) is 5.72 Å². The average Bonchev–Trinajstić information content (AvgIpc) is 2.80. The minimum Gasteiger partial charge on any atom is -0.507 e. The second kappa shape index (κ2) is 3.59. The Bertz CT molecular complexity index is 783. The monoisotopic (exact) mass is 212 g/mol. The smallest absolute Gasteiger partial charge is 0.122 e. The molecule has 3 nitrogen and oxygen atoms in total. The highest BCUT2D eigenvalue weighted by Crippen LogP contribution is 2.31. The number of rotatable bonds is 3. The topological polar surface area (TPSA) is 62.0 Å². The van der Waals surface area contributed by atoms with Crippen molar-refractivity contribution in [2.45, 2.75) is 20.2 Å². The summed E-state index contributed by atoms with van der Waals surface area (Å²) in [7, 11) is 0. The van der Waals surface area contributed by atoms with Gasteiger partial charge in [-0.2, -0.15) is 0 Å². The molecular formula is C12H16N2O. The highest BCUT2D eigenvalue weighted by Gasteiger charge is 2.11. The molecule has 0 spiro atoms. The van der Waals surface area contributed by atoms with E-state index < -0.39 is 30.3 Å². The number of nitrogens with two attached hydrogens (primary N) is 1. The van der Waals surface area contributed by atoms with Crippen molar-refractivity contribution in [3.05, 3.63) is 28.9 Å². The second-order valence-electron chi connectivity index (χ2n) is 3.34. The molecule has 1 aromatic carbocycles. The van der Waals surface area contributed by atoms with Crippen LogP contribution in [0.2, 0.25) is 2.82 Å². The summed E-state index contributed by atoms with van der Waals surface area (Å²) in [5.41, 5.74) is -0.244. The van der Waals surface area contributed by atoms with Crippen LogP contribution in [0.1, 0.15) is 24.9 Å². The lowest BCUT2D eigenvalue weighted by Crippen LogP contribution is -2.02. The molecule has 0 aliphatic heterocycles. The van der Waals surface area contributed by atoms with Gasteiger partial charge in [0, 0.05) is 28.1 Å². The molecule has 0 fully saturated rings. The van der Waals surface area contributed by atoms with Gasteiger partial charge in [0.05, 0.1) is 2.74 Å². The van der Waals surface area contributed by atoms with Crippen molar-refractivity contribution in [3.8, 4) is 5.75 Å². The van der Waals surface area contributed by atoms with Gasteiger partial charge in [-0.3, -0.25) is 0 Å². The van der Waals surface area contributed by atoms with E-state index in [1.54, 1.807) is 0 Å².